The van der Waals surface area contributed by atoms with Gasteiger partial charge in [0.15, 0.2) is 0 Å². The number of nitrogens with zero attached hydrogens (tertiary/aromatic N) is 4. The number of hydrogen-bond donors (Lipinski definition) is 2. The van der Waals surface area contributed by atoms with Crippen molar-refractivity contribution in [3.8, 4) is 0 Å². The van der Waals surface area contributed by atoms with E-state index in [0.717, 1.165) is 27.5 Å². The number of pyridine rings is 1. The number of aromatic nitrogens is 4. The van der Waals surface area contributed by atoms with E-state index in [1.807, 2.05) is 35.0 Å². The highest BCUT2D eigenvalue weighted by atomic mass is 15.1. The van der Waals surface area contributed by atoms with Gasteiger partial charge in [-0.05, 0) is 36.8 Å². The molecule has 0 aliphatic rings. The molecule has 0 amide bonds. The van der Waals surface area contributed by atoms with E-state index in [9.17, 15) is 0 Å². The van der Waals surface area contributed by atoms with E-state index in [0.29, 0.717) is 18.2 Å². The van der Waals surface area contributed by atoms with E-state index in [-0.39, 0.29) is 5.92 Å². The SMILES string of the molecule is [CH2]C(Cn1ccc2c(N)ncnc21)c1ccc2ccc(N)nc2c1. The van der Waals surface area contributed by atoms with E-state index in [2.05, 4.69) is 27.9 Å². The molecule has 1 radical (unpaired) electrons. The quantitative estimate of drug-likeness (QED) is 0.606. The fourth-order valence-electron chi connectivity index (χ4n) is 2.92. The Hall–Kier alpha value is -3.15. The monoisotopic (exact) mass is 317 g/mol. The summed E-state index contributed by atoms with van der Waals surface area (Å²) in [5, 5.41) is 1.92. The standard InChI is InChI=1S/C18H17N6/c1-11(9-24-7-6-14-17(20)21-10-22-18(14)24)13-3-2-12-4-5-16(19)23-15(12)8-13/h2-8,10-11H,1,9H2,(H2,19,23)(H2,20,21,22). The van der Waals surface area contributed by atoms with Crippen LogP contribution in [0.3, 0.4) is 0 Å². The first kappa shape index (κ1) is 14.4. The van der Waals surface area contributed by atoms with Crippen molar-refractivity contribution in [2.75, 3.05) is 11.5 Å². The molecule has 1 atom stereocenters. The van der Waals surface area contributed by atoms with Crippen molar-refractivity contribution in [3.63, 3.8) is 0 Å². The molecular weight excluding hydrogens is 300 g/mol. The Morgan fingerprint density at radius 1 is 1.08 bits per heavy atom. The summed E-state index contributed by atoms with van der Waals surface area (Å²) >= 11 is 0. The maximum atomic E-state index is 5.89. The van der Waals surface area contributed by atoms with E-state index in [1.54, 1.807) is 6.07 Å². The summed E-state index contributed by atoms with van der Waals surface area (Å²) < 4.78 is 2.04. The lowest BCUT2D eigenvalue weighted by molar-refractivity contribution is 0.651. The number of rotatable bonds is 3. The van der Waals surface area contributed by atoms with Crippen molar-refractivity contribution in [2.24, 2.45) is 0 Å². The molecule has 4 N–H and O–H groups in total. The molecule has 0 aliphatic carbocycles. The highest BCUT2D eigenvalue weighted by Crippen LogP contribution is 2.25. The van der Waals surface area contributed by atoms with Gasteiger partial charge in [0.2, 0.25) is 0 Å². The minimum atomic E-state index is 0.0458. The Kier molecular flexibility index (Phi) is 3.30. The average Bonchev–Trinajstić information content (AvgIpc) is 2.98. The normalized spacial score (nSPS) is 12.7. The third-order valence-corrected chi connectivity index (χ3v) is 4.21. The predicted octanol–water partition coefficient (Wildman–Crippen LogP) is 2.76. The van der Waals surface area contributed by atoms with Crippen molar-refractivity contribution in [3.05, 3.63) is 61.4 Å². The molecule has 0 fully saturated rings. The molecule has 3 heterocycles. The van der Waals surface area contributed by atoms with Gasteiger partial charge in [0.05, 0.1) is 10.9 Å². The van der Waals surface area contributed by atoms with Gasteiger partial charge in [0.1, 0.15) is 23.6 Å². The summed E-state index contributed by atoms with van der Waals surface area (Å²) in [6, 6.07) is 11.9. The Balaban J connectivity index is 1.68. The van der Waals surface area contributed by atoms with Gasteiger partial charge < -0.3 is 16.0 Å². The maximum absolute atomic E-state index is 5.89. The van der Waals surface area contributed by atoms with Gasteiger partial charge in [-0.3, -0.25) is 0 Å². The van der Waals surface area contributed by atoms with Crippen LogP contribution in [0.1, 0.15) is 11.5 Å². The predicted molar refractivity (Wildman–Crippen MR) is 96.2 cm³/mol. The minimum Gasteiger partial charge on any atom is -0.384 e. The fraction of sp³-hybridized carbons (Fsp3) is 0.111. The highest BCUT2D eigenvalue weighted by molar-refractivity contribution is 5.86. The number of nitrogen functional groups attached to an aromatic ring is 2. The van der Waals surface area contributed by atoms with Crippen molar-refractivity contribution in [1.82, 2.24) is 19.5 Å². The maximum Gasteiger partial charge on any atom is 0.145 e. The van der Waals surface area contributed by atoms with Crippen LogP contribution in [-0.2, 0) is 6.54 Å². The fourth-order valence-corrected chi connectivity index (χ4v) is 2.92. The van der Waals surface area contributed by atoms with Crippen LogP contribution in [0, 0.1) is 6.92 Å². The van der Waals surface area contributed by atoms with E-state index < -0.39 is 0 Å². The van der Waals surface area contributed by atoms with Crippen LogP contribution in [0.2, 0.25) is 0 Å². The molecule has 119 valence electrons. The number of fused-ring (bicyclic) bond motifs is 2. The molecule has 0 bridgehead atoms. The molecular formula is C18H17N6. The Morgan fingerprint density at radius 2 is 1.92 bits per heavy atom. The topological polar surface area (TPSA) is 95.6 Å². The summed E-state index contributed by atoms with van der Waals surface area (Å²) in [5.74, 6) is 1.05. The lowest BCUT2D eigenvalue weighted by Crippen LogP contribution is -2.07. The summed E-state index contributed by atoms with van der Waals surface area (Å²) in [6.07, 6.45) is 3.44. The Bertz CT molecular complexity index is 1040. The number of hydrogen-bond acceptors (Lipinski definition) is 5. The first-order valence-corrected chi connectivity index (χ1v) is 7.66. The zero-order valence-corrected chi connectivity index (χ0v) is 13.1. The molecule has 0 aliphatic heterocycles. The first-order chi connectivity index (χ1) is 11.6. The smallest absolute Gasteiger partial charge is 0.145 e. The van der Waals surface area contributed by atoms with Gasteiger partial charge in [-0.2, -0.15) is 0 Å². The number of benzene rings is 1. The summed E-state index contributed by atoms with van der Waals surface area (Å²) in [5.41, 5.74) is 14.5. The number of anilines is 2. The van der Waals surface area contributed by atoms with Gasteiger partial charge in [-0.25, -0.2) is 15.0 Å². The second kappa shape index (κ2) is 5.49. The largest absolute Gasteiger partial charge is 0.384 e. The van der Waals surface area contributed by atoms with E-state index >= 15 is 0 Å². The molecule has 0 saturated heterocycles. The van der Waals surface area contributed by atoms with Crippen LogP contribution in [0.25, 0.3) is 21.9 Å². The lowest BCUT2D eigenvalue weighted by atomic mass is 9.99. The van der Waals surface area contributed by atoms with Crippen LogP contribution in [0.4, 0.5) is 11.6 Å². The van der Waals surface area contributed by atoms with E-state index in [1.165, 1.54) is 6.33 Å². The van der Waals surface area contributed by atoms with Gasteiger partial charge in [0.25, 0.3) is 0 Å². The van der Waals surface area contributed by atoms with Crippen LogP contribution >= 0.6 is 0 Å². The molecule has 0 saturated carbocycles. The Morgan fingerprint density at radius 3 is 2.79 bits per heavy atom. The molecule has 0 spiro atoms. The van der Waals surface area contributed by atoms with E-state index in [4.69, 9.17) is 11.5 Å². The zero-order chi connectivity index (χ0) is 16.7. The molecule has 4 rings (SSSR count). The third-order valence-electron chi connectivity index (χ3n) is 4.21. The molecule has 6 heteroatoms. The third kappa shape index (κ3) is 2.42. The highest BCUT2D eigenvalue weighted by Gasteiger charge is 2.12. The summed E-state index contributed by atoms with van der Waals surface area (Å²) in [6.45, 7) is 4.98. The summed E-state index contributed by atoms with van der Waals surface area (Å²) in [4.78, 5) is 12.7. The van der Waals surface area contributed by atoms with Crippen molar-refractivity contribution in [2.45, 2.75) is 12.5 Å². The molecule has 3 aromatic heterocycles. The second-order valence-corrected chi connectivity index (χ2v) is 5.85. The van der Waals surface area contributed by atoms with Gasteiger partial charge in [-0.1, -0.05) is 12.1 Å². The van der Waals surface area contributed by atoms with Crippen LogP contribution < -0.4 is 11.5 Å². The lowest BCUT2D eigenvalue weighted by Gasteiger charge is -2.14. The molecule has 1 unspecified atom stereocenters. The zero-order valence-electron chi connectivity index (χ0n) is 13.1. The van der Waals surface area contributed by atoms with Crippen molar-refractivity contribution < 1.29 is 0 Å². The average molecular weight is 317 g/mol. The van der Waals surface area contributed by atoms with Crippen molar-refractivity contribution in [1.29, 1.82) is 0 Å². The van der Waals surface area contributed by atoms with Crippen LogP contribution in [0.5, 0.6) is 0 Å². The van der Waals surface area contributed by atoms with Gasteiger partial charge in [-0.15, -0.1) is 0 Å². The first-order valence-electron chi connectivity index (χ1n) is 7.66. The summed E-state index contributed by atoms with van der Waals surface area (Å²) in [7, 11) is 0. The van der Waals surface area contributed by atoms with Gasteiger partial charge >= 0.3 is 0 Å². The molecule has 1 aromatic carbocycles. The van der Waals surface area contributed by atoms with Crippen LogP contribution in [-0.4, -0.2) is 19.5 Å². The Labute approximate surface area is 139 Å². The minimum absolute atomic E-state index is 0.0458. The molecule has 4 aromatic rings. The van der Waals surface area contributed by atoms with Gasteiger partial charge in [0, 0.05) is 24.0 Å². The van der Waals surface area contributed by atoms with Crippen molar-refractivity contribution >= 4 is 33.6 Å². The van der Waals surface area contributed by atoms with Crippen LogP contribution in [0.15, 0.2) is 48.9 Å². The number of nitrogens with two attached hydrogens (primary N) is 2. The molecule has 24 heavy (non-hydrogen) atoms. The second-order valence-electron chi connectivity index (χ2n) is 5.85. The molecule has 6 nitrogen and oxygen atoms in total.